The third-order valence-corrected chi connectivity index (χ3v) is 4.35. The number of hydrogen-bond donors (Lipinski definition) is 3. The van der Waals surface area contributed by atoms with Crippen LogP contribution in [0.2, 0.25) is 0 Å². The molecule has 0 atom stereocenters. The van der Waals surface area contributed by atoms with E-state index in [1.54, 1.807) is 4.90 Å². The largest absolute Gasteiger partial charge is 0.481 e. The highest BCUT2D eigenvalue weighted by Gasteiger charge is 2.41. The van der Waals surface area contributed by atoms with E-state index < -0.39 is 11.5 Å². The molecule has 1 aliphatic carbocycles. The predicted molar refractivity (Wildman–Crippen MR) is 75.0 cm³/mol. The summed E-state index contributed by atoms with van der Waals surface area (Å²) in [5.74, 6) is -0.869. The van der Waals surface area contributed by atoms with Gasteiger partial charge in [0, 0.05) is 13.1 Å². The predicted octanol–water partition coefficient (Wildman–Crippen LogP) is 0.567. The van der Waals surface area contributed by atoms with Crippen LogP contribution in [0, 0.1) is 0 Å². The molecular weight excluding hydrogens is 276 g/mol. The zero-order valence-electron chi connectivity index (χ0n) is 12.2. The summed E-state index contributed by atoms with van der Waals surface area (Å²) in [6, 6.07) is -0.170. The molecule has 1 saturated heterocycles. The highest BCUT2D eigenvalue weighted by molar-refractivity contribution is 5.77. The number of nitrogens with zero attached hydrogens (tertiary/aromatic N) is 1. The van der Waals surface area contributed by atoms with Crippen molar-refractivity contribution in [2.24, 2.45) is 0 Å². The van der Waals surface area contributed by atoms with Crippen molar-refractivity contribution in [1.29, 1.82) is 0 Å². The first-order valence-corrected chi connectivity index (χ1v) is 7.56. The van der Waals surface area contributed by atoms with Crippen LogP contribution in [0.1, 0.15) is 38.5 Å². The Hall–Kier alpha value is -1.34. The van der Waals surface area contributed by atoms with Crippen LogP contribution in [0.4, 0.5) is 4.79 Å². The maximum Gasteiger partial charge on any atom is 0.317 e. The standard InChI is InChI=1S/C14H24N2O5/c17-8-9-21-11-2-6-16(7-3-11)13(20)15-14(4-1-5-14)10-12(18)19/h11,17H,1-10H2,(H,15,20)(H,18,19). The Labute approximate surface area is 124 Å². The summed E-state index contributed by atoms with van der Waals surface area (Å²) >= 11 is 0. The summed E-state index contributed by atoms with van der Waals surface area (Å²) in [6.45, 7) is 1.55. The number of carbonyl (C=O) groups is 2. The van der Waals surface area contributed by atoms with Crippen molar-refractivity contribution in [2.45, 2.75) is 50.2 Å². The molecule has 21 heavy (non-hydrogen) atoms. The van der Waals surface area contributed by atoms with Gasteiger partial charge in [-0.3, -0.25) is 4.79 Å². The van der Waals surface area contributed by atoms with Crippen molar-refractivity contribution in [1.82, 2.24) is 10.2 Å². The van der Waals surface area contributed by atoms with Gasteiger partial charge >= 0.3 is 12.0 Å². The van der Waals surface area contributed by atoms with Gasteiger partial charge in [-0.2, -0.15) is 0 Å². The lowest BCUT2D eigenvalue weighted by molar-refractivity contribution is -0.139. The van der Waals surface area contributed by atoms with Crippen molar-refractivity contribution >= 4 is 12.0 Å². The number of ether oxygens (including phenoxy) is 1. The lowest BCUT2D eigenvalue weighted by Gasteiger charge is -2.43. The van der Waals surface area contributed by atoms with Crippen LogP contribution in [0.3, 0.4) is 0 Å². The second kappa shape index (κ2) is 7.09. The lowest BCUT2D eigenvalue weighted by atomic mass is 9.74. The molecule has 2 aliphatic rings. The number of carboxylic acid groups (broad SMARTS) is 1. The Balaban J connectivity index is 1.78. The quantitative estimate of drug-likeness (QED) is 0.666. The number of urea groups is 1. The number of rotatable bonds is 6. The minimum Gasteiger partial charge on any atom is -0.481 e. The molecule has 0 radical (unpaired) electrons. The number of carboxylic acids is 1. The smallest absolute Gasteiger partial charge is 0.317 e. The van der Waals surface area contributed by atoms with Crippen LogP contribution in [-0.2, 0) is 9.53 Å². The van der Waals surface area contributed by atoms with Crippen LogP contribution in [0.5, 0.6) is 0 Å². The molecule has 7 nitrogen and oxygen atoms in total. The molecule has 0 aromatic heterocycles. The maximum absolute atomic E-state index is 12.2. The Bertz CT molecular complexity index is 376. The van der Waals surface area contributed by atoms with Gasteiger partial charge in [-0.25, -0.2) is 4.79 Å². The van der Waals surface area contributed by atoms with Crippen molar-refractivity contribution in [2.75, 3.05) is 26.3 Å². The molecule has 1 saturated carbocycles. The first-order chi connectivity index (χ1) is 10.0. The zero-order chi connectivity index (χ0) is 15.3. The summed E-state index contributed by atoms with van der Waals surface area (Å²) in [6.07, 6.45) is 4.03. The van der Waals surface area contributed by atoms with Gasteiger partial charge in [-0.1, -0.05) is 0 Å². The van der Waals surface area contributed by atoms with Gasteiger partial charge in [-0.15, -0.1) is 0 Å². The van der Waals surface area contributed by atoms with E-state index in [4.69, 9.17) is 14.9 Å². The first-order valence-electron chi connectivity index (χ1n) is 7.56. The topological polar surface area (TPSA) is 99.1 Å². The van der Waals surface area contributed by atoms with E-state index in [0.717, 1.165) is 32.1 Å². The molecular formula is C14H24N2O5. The summed E-state index contributed by atoms with van der Waals surface area (Å²) in [7, 11) is 0. The normalized spacial score (nSPS) is 21.7. The molecule has 0 aromatic carbocycles. The molecule has 2 rings (SSSR count). The fourth-order valence-electron chi connectivity index (χ4n) is 2.99. The van der Waals surface area contributed by atoms with Crippen molar-refractivity contribution in [3.63, 3.8) is 0 Å². The Morgan fingerprint density at radius 2 is 1.95 bits per heavy atom. The number of aliphatic carboxylic acids is 1. The summed E-state index contributed by atoms with van der Waals surface area (Å²) in [5, 5.41) is 20.6. The average Bonchev–Trinajstić information content (AvgIpc) is 2.42. The van der Waals surface area contributed by atoms with Crippen LogP contribution in [0.25, 0.3) is 0 Å². The monoisotopic (exact) mass is 300 g/mol. The maximum atomic E-state index is 12.2. The summed E-state index contributed by atoms with van der Waals surface area (Å²) in [4.78, 5) is 24.9. The van der Waals surface area contributed by atoms with E-state index in [9.17, 15) is 9.59 Å². The van der Waals surface area contributed by atoms with Crippen LogP contribution in [-0.4, -0.2) is 65.1 Å². The minimum absolute atomic E-state index is 0.00514. The Morgan fingerprint density at radius 1 is 1.29 bits per heavy atom. The fraction of sp³-hybridized carbons (Fsp3) is 0.857. The highest BCUT2D eigenvalue weighted by atomic mass is 16.5. The van der Waals surface area contributed by atoms with E-state index in [1.807, 2.05) is 0 Å². The number of carbonyl (C=O) groups excluding carboxylic acids is 1. The van der Waals surface area contributed by atoms with Crippen molar-refractivity contribution in [3.05, 3.63) is 0 Å². The van der Waals surface area contributed by atoms with Gasteiger partial charge in [-0.05, 0) is 32.1 Å². The third-order valence-electron chi connectivity index (χ3n) is 4.35. The molecule has 1 aliphatic heterocycles. The van der Waals surface area contributed by atoms with Crippen LogP contribution < -0.4 is 5.32 Å². The lowest BCUT2D eigenvalue weighted by Crippen LogP contribution is -2.59. The van der Waals surface area contributed by atoms with E-state index in [-0.39, 0.29) is 25.2 Å². The van der Waals surface area contributed by atoms with E-state index in [0.29, 0.717) is 19.7 Å². The van der Waals surface area contributed by atoms with Crippen LogP contribution >= 0.6 is 0 Å². The molecule has 1 heterocycles. The molecule has 120 valence electrons. The van der Waals surface area contributed by atoms with Crippen molar-refractivity contribution in [3.8, 4) is 0 Å². The molecule has 7 heteroatoms. The van der Waals surface area contributed by atoms with Gasteiger partial charge in [0.15, 0.2) is 0 Å². The number of aliphatic hydroxyl groups excluding tert-OH is 1. The number of hydrogen-bond acceptors (Lipinski definition) is 4. The molecule has 0 bridgehead atoms. The Morgan fingerprint density at radius 3 is 2.43 bits per heavy atom. The van der Waals surface area contributed by atoms with Crippen LogP contribution in [0.15, 0.2) is 0 Å². The molecule has 3 N–H and O–H groups in total. The fourth-order valence-corrected chi connectivity index (χ4v) is 2.99. The molecule has 2 amide bonds. The zero-order valence-corrected chi connectivity index (χ0v) is 12.2. The van der Waals surface area contributed by atoms with Gasteiger partial charge in [0.1, 0.15) is 0 Å². The van der Waals surface area contributed by atoms with Gasteiger partial charge in [0.25, 0.3) is 0 Å². The number of piperidine rings is 1. The number of nitrogens with one attached hydrogen (secondary N) is 1. The van der Waals surface area contributed by atoms with Crippen molar-refractivity contribution < 1.29 is 24.5 Å². The second-order valence-corrected chi connectivity index (χ2v) is 5.92. The second-order valence-electron chi connectivity index (χ2n) is 5.92. The number of amides is 2. The molecule has 2 fully saturated rings. The van der Waals surface area contributed by atoms with E-state index >= 15 is 0 Å². The first kappa shape index (κ1) is 16.0. The molecule has 0 unspecified atom stereocenters. The van der Waals surface area contributed by atoms with Gasteiger partial charge in [0.05, 0.1) is 31.3 Å². The summed E-state index contributed by atoms with van der Waals surface area (Å²) < 4.78 is 5.46. The summed E-state index contributed by atoms with van der Waals surface area (Å²) in [5.41, 5.74) is -0.548. The SMILES string of the molecule is O=C(O)CC1(NC(=O)N2CCC(OCCO)CC2)CCC1. The number of likely N-dealkylation sites (tertiary alicyclic amines) is 1. The molecule has 0 aromatic rings. The number of aliphatic hydroxyl groups is 1. The van der Waals surface area contributed by atoms with E-state index in [1.165, 1.54) is 0 Å². The molecule has 0 spiro atoms. The Kier molecular flexibility index (Phi) is 5.41. The highest BCUT2D eigenvalue weighted by Crippen LogP contribution is 2.35. The minimum atomic E-state index is -0.869. The third kappa shape index (κ3) is 4.31. The van der Waals surface area contributed by atoms with Gasteiger partial charge in [0.2, 0.25) is 0 Å². The van der Waals surface area contributed by atoms with Gasteiger partial charge < -0.3 is 25.2 Å². The average molecular weight is 300 g/mol. The van der Waals surface area contributed by atoms with E-state index in [2.05, 4.69) is 5.32 Å².